The largest absolute Gasteiger partial charge is 0.396 e. The Morgan fingerprint density at radius 3 is 2.89 bits per heavy atom. The van der Waals surface area contributed by atoms with Crippen LogP contribution in [0.2, 0.25) is 0 Å². The quantitative estimate of drug-likeness (QED) is 0.480. The van der Waals surface area contributed by atoms with E-state index >= 15 is 0 Å². The summed E-state index contributed by atoms with van der Waals surface area (Å²) in [5.41, 5.74) is -0.0307. The zero-order valence-corrected chi connectivity index (χ0v) is 5.05. The van der Waals surface area contributed by atoms with E-state index < -0.39 is 0 Å². The first-order valence-corrected chi connectivity index (χ1v) is 3.17. The van der Waals surface area contributed by atoms with Crippen molar-refractivity contribution in [3.8, 4) is 0 Å². The van der Waals surface area contributed by atoms with Crippen molar-refractivity contribution in [3.05, 3.63) is 0 Å². The second-order valence-corrected chi connectivity index (χ2v) is 3.00. The van der Waals surface area contributed by atoms with Gasteiger partial charge in [-0.05, 0) is 6.42 Å². The normalized spacial score (nSPS) is 46.3. The minimum atomic E-state index is -0.0307. The number of aliphatic hydroxyl groups is 1. The van der Waals surface area contributed by atoms with Crippen molar-refractivity contribution in [1.82, 2.24) is 5.32 Å². The molecule has 1 saturated heterocycles. The first-order valence-electron chi connectivity index (χ1n) is 3.17. The number of piperidine rings is 1. The highest BCUT2D eigenvalue weighted by Crippen LogP contribution is 2.54. The van der Waals surface area contributed by atoms with Crippen LogP contribution in [0.4, 0.5) is 0 Å². The van der Waals surface area contributed by atoms with Crippen molar-refractivity contribution in [3.63, 3.8) is 0 Å². The van der Waals surface area contributed by atoms with Crippen LogP contribution in [-0.2, 0) is 4.79 Å². The number of nitrogens with one attached hydrogen (secondary N) is 1. The summed E-state index contributed by atoms with van der Waals surface area (Å²) in [7, 11) is 0. The molecule has 1 heterocycles. The Kier molecular flexibility index (Phi) is 0.750. The number of carbonyl (C=O) groups excluding carboxylic acids is 1. The number of hydrogen-bond acceptors (Lipinski definition) is 2. The van der Waals surface area contributed by atoms with Crippen molar-refractivity contribution in [2.24, 2.45) is 11.3 Å². The minimum Gasteiger partial charge on any atom is -0.396 e. The Balaban J connectivity index is 2.17. The topological polar surface area (TPSA) is 49.3 Å². The average molecular weight is 127 g/mol. The summed E-state index contributed by atoms with van der Waals surface area (Å²) in [4.78, 5) is 10.8. The molecule has 1 aliphatic carbocycles. The first kappa shape index (κ1) is 5.23. The van der Waals surface area contributed by atoms with Gasteiger partial charge in [-0.3, -0.25) is 4.79 Å². The third-order valence-electron chi connectivity index (χ3n) is 2.44. The molecule has 1 aliphatic heterocycles. The van der Waals surface area contributed by atoms with E-state index in [1.54, 1.807) is 0 Å². The van der Waals surface area contributed by atoms with Crippen molar-refractivity contribution in [1.29, 1.82) is 0 Å². The Morgan fingerprint density at radius 1 is 1.89 bits per heavy atom. The fourth-order valence-corrected chi connectivity index (χ4v) is 1.53. The summed E-state index contributed by atoms with van der Waals surface area (Å²) < 4.78 is 0. The van der Waals surface area contributed by atoms with Crippen molar-refractivity contribution in [2.75, 3.05) is 13.2 Å². The molecule has 50 valence electrons. The van der Waals surface area contributed by atoms with E-state index in [4.69, 9.17) is 5.11 Å². The molecule has 1 saturated carbocycles. The smallest absolute Gasteiger partial charge is 0.223 e. The maximum absolute atomic E-state index is 10.8. The Hall–Kier alpha value is -0.570. The molecule has 3 nitrogen and oxygen atoms in total. The summed E-state index contributed by atoms with van der Waals surface area (Å²) in [6.07, 6.45) is 0.898. The van der Waals surface area contributed by atoms with Crippen LogP contribution < -0.4 is 5.32 Å². The zero-order chi connectivity index (χ0) is 6.48. The fraction of sp³-hybridized carbons (Fsp3) is 0.833. The second-order valence-electron chi connectivity index (χ2n) is 3.00. The maximum atomic E-state index is 10.8. The number of amides is 1. The van der Waals surface area contributed by atoms with Crippen LogP contribution in [-0.4, -0.2) is 24.2 Å². The van der Waals surface area contributed by atoms with Gasteiger partial charge in [0.2, 0.25) is 5.91 Å². The van der Waals surface area contributed by atoms with E-state index in [0.717, 1.165) is 6.42 Å². The van der Waals surface area contributed by atoms with Crippen LogP contribution >= 0.6 is 0 Å². The molecule has 2 fully saturated rings. The lowest BCUT2D eigenvalue weighted by Crippen LogP contribution is -2.22. The van der Waals surface area contributed by atoms with Gasteiger partial charge in [0.1, 0.15) is 0 Å². The van der Waals surface area contributed by atoms with Crippen LogP contribution in [0.1, 0.15) is 6.42 Å². The van der Waals surface area contributed by atoms with E-state index in [0.29, 0.717) is 6.54 Å². The zero-order valence-electron chi connectivity index (χ0n) is 5.05. The van der Waals surface area contributed by atoms with Gasteiger partial charge in [0, 0.05) is 17.9 Å². The van der Waals surface area contributed by atoms with E-state index in [9.17, 15) is 4.79 Å². The molecule has 2 unspecified atom stereocenters. The van der Waals surface area contributed by atoms with Gasteiger partial charge in [-0.2, -0.15) is 0 Å². The molecule has 9 heavy (non-hydrogen) atoms. The fourth-order valence-electron chi connectivity index (χ4n) is 1.53. The molecular weight excluding hydrogens is 118 g/mol. The second kappa shape index (κ2) is 1.29. The lowest BCUT2D eigenvalue weighted by molar-refractivity contribution is -0.120. The molecule has 2 atom stereocenters. The maximum Gasteiger partial charge on any atom is 0.223 e. The Labute approximate surface area is 53.1 Å². The van der Waals surface area contributed by atoms with Gasteiger partial charge in [-0.1, -0.05) is 0 Å². The summed E-state index contributed by atoms with van der Waals surface area (Å²) in [6.45, 7) is 0.851. The standard InChI is InChI=1S/C6H9NO2/c8-3-6-1-4(6)5(9)7-2-6/h4,8H,1-3H2,(H,7,9). The van der Waals surface area contributed by atoms with Crippen LogP contribution in [0.5, 0.6) is 0 Å². The molecule has 0 aromatic heterocycles. The predicted octanol–water partition coefficient (Wildman–Crippen LogP) is -0.885. The predicted molar refractivity (Wildman–Crippen MR) is 30.6 cm³/mol. The molecule has 0 bridgehead atoms. The molecular formula is C6H9NO2. The van der Waals surface area contributed by atoms with Crippen LogP contribution in [0.3, 0.4) is 0 Å². The van der Waals surface area contributed by atoms with Gasteiger partial charge in [-0.25, -0.2) is 0 Å². The third kappa shape index (κ3) is 0.477. The van der Waals surface area contributed by atoms with Gasteiger partial charge in [0.05, 0.1) is 6.61 Å². The number of hydrogen-bond donors (Lipinski definition) is 2. The molecule has 1 amide bonds. The molecule has 2 N–H and O–H groups in total. The van der Waals surface area contributed by atoms with Crippen LogP contribution in [0, 0.1) is 11.3 Å². The monoisotopic (exact) mass is 127 g/mol. The van der Waals surface area contributed by atoms with Gasteiger partial charge in [0.15, 0.2) is 0 Å². The van der Waals surface area contributed by atoms with Crippen molar-refractivity contribution in [2.45, 2.75) is 6.42 Å². The average Bonchev–Trinajstić information content (AvgIpc) is 2.53. The highest BCUT2D eigenvalue weighted by atomic mass is 16.3. The number of fused-ring (bicyclic) bond motifs is 1. The molecule has 0 aromatic carbocycles. The SMILES string of the molecule is O=C1NCC2(CO)CC12. The molecule has 0 spiro atoms. The first-order chi connectivity index (χ1) is 4.28. The molecule has 2 aliphatic rings. The minimum absolute atomic E-state index is 0.0307. The lowest BCUT2D eigenvalue weighted by Gasteiger charge is -2.02. The summed E-state index contributed by atoms with van der Waals surface area (Å²) >= 11 is 0. The highest BCUT2D eigenvalue weighted by Gasteiger charge is 2.61. The highest BCUT2D eigenvalue weighted by molar-refractivity contribution is 5.85. The summed E-state index contributed by atoms with van der Waals surface area (Å²) in [5.74, 6) is 0.270. The van der Waals surface area contributed by atoms with Gasteiger partial charge in [0.25, 0.3) is 0 Å². The van der Waals surface area contributed by atoms with Gasteiger partial charge < -0.3 is 10.4 Å². The summed E-state index contributed by atoms with van der Waals surface area (Å²) in [6, 6.07) is 0. The summed E-state index contributed by atoms with van der Waals surface area (Å²) in [5, 5.41) is 11.5. The number of rotatable bonds is 1. The Bertz CT molecular complexity index is 168. The molecule has 0 aromatic rings. The van der Waals surface area contributed by atoms with Gasteiger partial charge >= 0.3 is 0 Å². The van der Waals surface area contributed by atoms with Gasteiger partial charge in [-0.15, -0.1) is 0 Å². The molecule has 2 rings (SSSR count). The molecule has 0 radical (unpaired) electrons. The number of aliphatic hydroxyl groups excluding tert-OH is 1. The van der Waals surface area contributed by atoms with Crippen molar-refractivity contribution < 1.29 is 9.90 Å². The lowest BCUT2D eigenvalue weighted by atomic mass is 10.1. The molecule has 3 heteroatoms. The van der Waals surface area contributed by atoms with E-state index in [1.165, 1.54) is 0 Å². The van der Waals surface area contributed by atoms with Crippen LogP contribution in [0.25, 0.3) is 0 Å². The third-order valence-corrected chi connectivity index (χ3v) is 2.44. The Morgan fingerprint density at radius 2 is 2.67 bits per heavy atom. The van der Waals surface area contributed by atoms with E-state index in [1.807, 2.05) is 0 Å². The van der Waals surface area contributed by atoms with E-state index in [-0.39, 0.29) is 23.8 Å². The van der Waals surface area contributed by atoms with Crippen molar-refractivity contribution >= 4 is 5.91 Å². The number of carbonyl (C=O) groups is 1. The van der Waals surface area contributed by atoms with E-state index in [2.05, 4.69) is 5.32 Å². The van der Waals surface area contributed by atoms with Crippen LogP contribution in [0.15, 0.2) is 0 Å².